The highest BCUT2D eigenvalue weighted by Crippen LogP contribution is 2.27. The highest BCUT2D eigenvalue weighted by atomic mass is 35.5. The van der Waals surface area contributed by atoms with Gasteiger partial charge in [-0.2, -0.15) is 0 Å². The van der Waals surface area contributed by atoms with Crippen LogP contribution in [0.1, 0.15) is 23.6 Å². The maximum Gasteiger partial charge on any atom is 0.0636 e. The van der Waals surface area contributed by atoms with Crippen LogP contribution < -0.4 is 5.73 Å². The molecule has 0 amide bonds. The van der Waals surface area contributed by atoms with Crippen LogP contribution in [0.15, 0.2) is 48.5 Å². The molecule has 0 radical (unpaired) electrons. The van der Waals surface area contributed by atoms with Gasteiger partial charge in [-0.15, -0.1) is 0 Å². The summed E-state index contributed by atoms with van der Waals surface area (Å²) in [6, 6.07) is 16.0. The van der Waals surface area contributed by atoms with Crippen LogP contribution >= 0.6 is 11.6 Å². The van der Waals surface area contributed by atoms with E-state index in [1.807, 2.05) is 31.2 Å². The molecule has 1 nitrogen and oxygen atoms in total. The van der Waals surface area contributed by atoms with Crippen molar-refractivity contribution in [1.82, 2.24) is 0 Å². The summed E-state index contributed by atoms with van der Waals surface area (Å²) in [5.74, 6) is 0. The van der Waals surface area contributed by atoms with Crippen molar-refractivity contribution >= 4 is 11.6 Å². The summed E-state index contributed by atoms with van der Waals surface area (Å²) in [5.41, 5.74) is 9.33. The Kier molecular flexibility index (Phi) is 3.23. The van der Waals surface area contributed by atoms with Crippen LogP contribution in [-0.2, 0) is 5.54 Å². The first-order chi connectivity index (χ1) is 8.00. The van der Waals surface area contributed by atoms with E-state index in [0.717, 1.165) is 16.1 Å². The Morgan fingerprint density at radius 1 is 0.882 bits per heavy atom. The summed E-state index contributed by atoms with van der Waals surface area (Å²) in [6.45, 7) is 4.08. The van der Waals surface area contributed by atoms with Gasteiger partial charge in [0.2, 0.25) is 0 Å². The minimum absolute atomic E-state index is 0.488. The maximum atomic E-state index is 6.42. The maximum absolute atomic E-state index is 6.42. The molecular formula is C15H16ClN. The quantitative estimate of drug-likeness (QED) is 0.854. The topological polar surface area (TPSA) is 26.0 Å². The fourth-order valence-electron chi connectivity index (χ4n) is 1.86. The van der Waals surface area contributed by atoms with Crippen molar-refractivity contribution in [3.8, 4) is 0 Å². The minimum atomic E-state index is -0.488. The lowest BCUT2D eigenvalue weighted by atomic mass is 9.85. The van der Waals surface area contributed by atoms with Crippen LogP contribution in [0.4, 0.5) is 0 Å². The van der Waals surface area contributed by atoms with Gasteiger partial charge in [0.05, 0.1) is 5.54 Å². The second-order valence-electron chi connectivity index (χ2n) is 4.58. The highest BCUT2D eigenvalue weighted by molar-refractivity contribution is 6.30. The zero-order valence-corrected chi connectivity index (χ0v) is 10.8. The van der Waals surface area contributed by atoms with Crippen LogP contribution in [0, 0.1) is 6.92 Å². The minimum Gasteiger partial charge on any atom is -0.318 e. The molecule has 0 aliphatic carbocycles. The average molecular weight is 246 g/mol. The molecule has 1 atom stereocenters. The van der Waals surface area contributed by atoms with Crippen LogP contribution in [0.5, 0.6) is 0 Å². The molecule has 1 unspecified atom stereocenters. The Balaban J connectivity index is 2.41. The largest absolute Gasteiger partial charge is 0.318 e. The normalized spacial score (nSPS) is 14.4. The summed E-state index contributed by atoms with van der Waals surface area (Å²) in [4.78, 5) is 0. The van der Waals surface area contributed by atoms with Gasteiger partial charge in [-0.25, -0.2) is 0 Å². The van der Waals surface area contributed by atoms with Crippen molar-refractivity contribution < 1.29 is 0 Å². The summed E-state index contributed by atoms with van der Waals surface area (Å²) in [7, 11) is 0. The van der Waals surface area contributed by atoms with Gasteiger partial charge in [0.1, 0.15) is 0 Å². The van der Waals surface area contributed by atoms with E-state index in [9.17, 15) is 0 Å². The molecule has 0 aliphatic heterocycles. The molecule has 2 rings (SSSR count). The zero-order chi connectivity index (χ0) is 12.5. The SMILES string of the molecule is Cc1ccc(C(C)(N)c2ccc(Cl)cc2)cc1. The molecule has 0 saturated heterocycles. The summed E-state index contributed by atoms with van der Waals surface area (Å²) in [5, 5.41) is 0.730. The molecular weight excluding hydrogens is 230 g/mol. The predicted molar refractivity (Wildman–Crippen MR) is 73.3 cm³/mol. The van der Waals surface area contributed by atoms with Crippen LogP contribution in [-0.4, -0.2) is 0 Å². The standard InChI is InChI=1S/C15H16ClN/c1-11-3-5-12(6-4-11)15(2,17)13-7-9-14(16)10-8-13/h3-10H,17H2,1-2H3. The number of nitrogens with two attached hydrogens (primary N) is 1. The Morgan fingerprint density at radius 2 is 1.29 bits per heavy atom. The zero-order valence-electron chi connectivity index (χ0n) is 10.1. The molecule has 0 aliphatic rings. The van der Waals surface area contributed by atoms with E-state index in [1.54, 1.807) is 0 Å². The van der Waals surface area contributed by atoms with Gasteiger partial charge in [0.25, 0.3) is 0 Å². The molecule has 2 aromatic rings. The van der Waals surface area contributed by atoms with E-state index in [0.29, 0.717) is 0 Å². The van der Waals surface area contributed by atoms with Gasteiger partial charge < -0.3 is 5.73 Å². The lowest BCUT2D eigenvalue weighted by Gasteiger charge is -2.26. The first-order valence-electron chi connectivity index (χ1n) is 5.62. The van der Waals surface area contributed by atoms with E-state index in [1.165, 1.54) is 5.56 Å². The fourth-order valence-corrected chi connectivity index (χ4v) is 1.99. The van der Waals surface area contributed by atoms with Gasteiger partial charge in [-0.1, -0.05) is 53.6 Å². The molecule has 2 aromatic carbocycles. The Morgan fingerprint density at radius 3 is 1.76 bits per heavy atom. The lowest BCUT2D eigenvalue weighted by molar-refractivity contribution is 0.603. The number of benzene rings is 2. The molecule has 2 heteroatoms. The molecule has 0 aromatic heterocycles. The Bertz CT molecular complexity index is 450. The van der Waals surface area contributed by atoms with Crippen molar-refractivity contribution in [2.24, 2.45) is 5.73 Å². The first-order valence-corrected chi connectivity index (χ1v) is 6.00. The fraction of sp³-hybridized carbons (Fsp3) is 0.200. The third-order valence-electron chi connectivity index (χ3n) is 3.10. The number of rotatable bonds is 2. The summed E-state index contributed by atoms with van der Waals surface area (Å²) >= 11 is 5.89. The van der Waals surface area contributed by atoms with Crippen LogP contribution in [0.2, 0.25) is 5.02 Å². The van der Waals surface area contributed by atoms with Gasteiger partial charge in [0, 0.05) is 5.02 Å². The van der Waals surface area contributed by atoms with Crippen molar-refractivity contribution in [1.29, 1.82) is 0 Å². The smallest absolute Gasteiger partial charge is 0.0636 e. The predicted octanol–water partition coefficient (Wildman–Crippen LogP) is 3.87. The summed E-state index contributed by atoms with van der Waals surface area (Å²) in [6.07, 6.45) is 0. The third-order valence-corrected chi connectivity index (χ3v) is 3.35. The molecule has 88 valence electrons. The first kappa shape index (κ1) is 12.2. The molecule has 0 spiro atoms. The molecule has 0 bridgehead atoms. The number of hydrogen-bond donors (Lipinski definition) is 1. The Hall–Kier alpha value is -1.31. The average Bonchev–Trinajstić information content (AvgIpc) is 2.30. The molecule has 17 heavy (non-hydrogen) atoms. The highest BCUT2D eigenvalue weighted by Gasteiger charge is 2.23. The van der Waals surface area contributed by atoms with E-state index in [2.05, 4.69) is 31.2 Å². The van der Waals surface area contributed by atoms with Crippen molar-refractivity contribution in [2.45, 2.75) is 19.4 Å². The van der Waals surface area contributed by atoms with Crippen molar-refractivity contribution in [2.75, 3.05) is 0 Å². The van der Waals surface area contributed by atoms with Crippen molar-refractivity contribution in [3.63, 3.8) is 0 Å². The van der Waals surface area contributed by atoms with E-state index < -0.39 is 5.54 Å². The second kappa shape index (κ2) is 4.52. The van der Waals surface area contributed by atoms with E-state index in [-0.39, 0.29) is 0 Å². The Labute approximate surface area is 107 Å². The molecule has 0 saturated carbocycles. The monoisotopic (exact) mass is 245 g/mol. The summed E-state index contributed by atoms with van der Waals surface area (Å²) < 4.78 is 0. The molecule has 0 fully saturated rings. The number of aryl methyl sites for hydroxylation is 1. The lowest BCUT2D eigenvalue weighted by Crippen LogP contribution is -2.34. The van der Waals surface area contributed by atoms with E-state index >= 15 is 0 Å². The molecule has 2 N–H and O–H groups in total. The van der Waals surface area contributed by atoms with Crippen molar-refractivity contribution in [3.05, 3.63) is 70.2 Å². The van der Waals surface area contributed by atoms with Gasteiger partial charge in [-0.05, 0) is 37.1 Å². The van der Waals surface area contributed by atoms with Gasteiger partial charge in [0.15, 0.2) is 0 Å². The van der Waals surface area contributed by atoms with Gasteiger partial charge in [-0.3, -0.25) is 0 Å². The van der Waals surface area contributed by atoms with E-state index in [4.69, 9.17) is 17.3 Å². The van der Waals surface area contributed by atoms with Crippen LogP contribution in [0.3, 0.4) is 0 Å². The number of halogens is 1. The van der Waals surface area contributed by atoms with Gasteiger partial charge >= 0.3 is 0 Å². The molecule has 0 heterocycles. The third kappa shape index (κ3) is 2.51. The number of hydrogen-bond acceptors (Lipinski definition) is 1. The van der Waals surface area contributed by atoms with Crippen LogP contribution in [0.25, 0.3) is 0 Å². The second-order valence-corrected chi connectivity index (χ2v) is 5.01.